The number of benzene rings is 1. The minimum atomic E-state index is -0.375. The van der Waals surface area contributed by atoms with Crippen LogP contribution in [-0.4, -0.2) is 30.1 Å². The Balaban J connectivity index is 2.11. The molecule has 0 unspecified atom stereocenters. The molecule has 1 aliphatic rings. The lowest BCUT2D eigenvalue weighted by molar-refractivity contribution is -0.384. The van der Waals surface area contributed by atoms with Crippen molar-refractivity contribution in [3.63, 3.8) is 0 Å². The molecule has 86 valence electrons. The number of hydrogen-bond acceptors (Lipinski definition) is 4. The zero-order valence-electron chi connectivity index (χ0n) is 9.30. The standard InChI is InChI=1S/C11H15N3O2/c1-12(13-8-2-3-9-13)10-4-6-11(7-5-10)14(15)16/h4-7H,2-3,8-9H2,1H3. The van der Waals surface area contributed by atoms with Gasteiger partial charge in [-0.1, -0.05) is 0 Å². The molecule has 1 aromatic carbocycles. The molecule has 0 radical (unpaired) electrons. The van der Waals surface area contributed by atoms with E-state index in [2.05, 4.69) is 10.0 Å². The first-order chi connectivity index (χ1) is 7.68. The summed E-state index contributed by atoms with van der Waals surface area (Å²) >= 11 is 0. The van der Waals surface area contributed by atoms with Crippen LogP contribution in [-0.2, 0) is 0 Å². The van der Waals surface area contributed by atoms with Crippen molar-refractivity contribution < 1.29 is 4.92 Å². The molecule has 0 aliphatic carbocycles. The number of hydrogen-bond donors (Lipinski definition) is 0. The van der Waals surface area contributed by atoms with Crippen molar-refractivity contribution in [3.8, 4) is 0 Å². The van der Waals surface area contributed by atoms with E-state index in [1.54, 1.807) is 24.3 Å². The molecular weight excluding hydrogens is 206 g/mol. The summed E-state index contributed by atoms with van der Waals surface area (Å²) in [6, 6.07) is 6.66. The van der Waals surface area contributed by atoms with Crippen LogP contribution in [0.15, 0.2) is 24.3 Å². The normalized spacial score (nSPS) is 16.3. The molecule has 5 heteroatoms. The first-order valence-corrected chi connectivity index (χ1v) is 5.41. The first kappa shape index (κ1) is 10.9. The average molecular weight is 221 g/mol. The van der Waals surface area contributed by atoms with E-state index in [4.69, 9.17) is 0 Å². The smallest absolute Gasteiger partial charge is 0.269 e. The summed E-state index contributed by atoms with van der Waals surface area (Å²) in [5.41, 5.74) is 1.13. The summed E-state index contributed by atoms with van der Waals surface area (Å²) < 4.78 is 0. The van der Waals surface area contributed by atoms with Crippen LogP contribution in [0.3, 0.4) is 0 Å². The lowest BCUT2D eigenvalue weighted by Gasteiger charge is -2.29. The highest BCUT2D eigenvalue weighted by Gasteiger charge is 2.17. The summed E-state index contributed by atoms with van der Waals surface area (Å²) in [7, 11) is 1.99. The van der Waals surface area contributed by atoms with Gasteiger partial charge in [0.15, 0.2) is 0 Å². The van der Waals surface area contributed by atoms with Crippen LogP contribution in [0.5, 0.6) is 0 Å². The molecule has 16 heavy (non-hydrogen) atoms. The van der Waals surface area contributed by atoms with Gasteiger partial charge < -0.3 is 5.01 Å². The number of anilines is 1. The molecule has 0 spiro atoms. The predicted octanol–water partition coefficient (Wildman–Crippen LogP) is 2.04. The van der Waals surface area contributed by atoms with E-state index in [1.165, 1.54) is 12.8 Å². The Labute approximate surface area is 94.4 Å². The molecule has 0 amide bonds. The maximum atomic E-state index is 10.5. The zero-order chi connectivity index (χ0) is 11.5. The summed E-state index contributed by atoms with van der Waals surface area (Å²) in [6.45, 7) is 2.13. The third-order valence-corrected chi connectivity index (χ3v) is 2.94. The fraction of sp³-hybridized carbons (Fsp3) is 0.455. The molecule has 1 fully saturated rings. The van der Waals surface area contributed by atoms with Crippen molar-refractivity contribution in [1.82, 2.24) is 5.01 Å². The predicted molar refractivity (Wildman–Crippen MR) is 62.3 cm³/mol. The number of nitrogens with zero attached hydrogens (tertiary/aromatic N) is 3. The average Bonchev–Trinajstić information content (AvgIpc) is 2.81. The van der Waals surface area contributed by atoms with Gasteiger partial charge in [0, 0.05) is 32.3 Å². The lowest BCUT2D eigenvalue weighted by atomic mass is 10.3. The van der Waals surface area contributed by atoms with Gasteiger partial charge in [0.25, 0.3) is 5.69 Å². The number of hydrazine groups is 1. The van der Waals surface area contributed by atoms with Gasteiger partial charge in [0.2, 0.25) is 0 Å². The van der Waals surface area contributed by atoms with Crippen LogP contribution in [0, 0.1) is 10.1 Å². The largest absolute Gasteiger partial charge is 0.309 e. The minimum Gasteiger partial charge on any atom is -0.309 e. The highest BCUT2D eigenvalue weighted by atomic mass is 16.6. The lowest BCUT2D eigenvalue weighted by Crippen LogP contribution is -2.37. The third-order valence-electron chi connectivity index (χ3n) is 2.94. The molecule has 0 N–H and O–H groups in total. The number of nitro groups is 1. The van der Waals surface area contributed by atoms with E-state index in [1.807, 2.05) is 7.05 Å². The van der Waals surface area contributed by atoms with Crippen molar-refractivity contribution in [2.75, 3.05) is 25.1 Å². The van der Waals surface area contributed by atoms with Crippen LogP contribution < -0.4 is 5.01 Å². The van der Waals surface area contributed by atoms with Gasteiger partial charge in [0.05, 0.1) is 10.6 Å². The van der Waals surface area contributed by atoms with E-state index in [9.17, 15) is 10.1 Å². The fourth-order valence-electron chi connectivity index (χ4n) is 1.95. The maximum absolute atomic E-state index is 10.5. The van der Waals surface area contributed by atoms with E-state index in [-0.39, 0.29) is 10.6 Å². The van der Waals surface area contributed by atoms with Crippen LogP contribution >= 0.6 is 0 Å². The molecule has 1 aliphatic heterocycles. The van der Waals surface area contributed by atoms with Gasteiger partial charge in [-0.3, -0.25) is 10.1 Å². The van der Waals surface area contributed by atoms with Crippen molar-refractivity contribution in [2.45, 2.75) is 12.8 Å². The van der Waals surface area contributed by atoms with Crippen molar-refractivity contribution in [3.05, 3.63) is 34.4 Å². The zero-order valence-corrected chi connectivity index (χ0v) is 9.30. The topological polar surface area (TPSA) is 49.6 Å². The van der Waals surface area contributed by atoms with Crippen molar-refractivity contribution >= 4 is 11.4 Å². The Morgan fingerprint density at radius 2 is 1.81 bits per heavy atom. The van der Waals surface area contributed by atoms with Crippen LogP contribution in [0.1, 0.15) is 12.8 Å². The van der Waals surface area contributed by atoms with Crippen molar-refractivity contribution in [2.24, 2.45) is 0 Å². The van der Waals surface area contributed by atoms with E-state index >= 15 is 0 Å². The summed E-state index contributed by atoms with van der Waals surface area (Å²) in [6.07, 6.45) is 2.44. The second kappa shape index (κ2) is 4.49. The van der Waals surface area contributed by atoms with Gasteiger partial charge >= 0.3 is 0 Å². The molecule has 0 aromatic heterocycles. The highest BCUT2D eigenvalue weighted by Crippen LogP contribution is 2.21. The summed E-state index contributed by atoms with van der Waals surface area (Å²) in [5, 5.41) is 14.8. The molecule has 0 atom stereocenters. The third kappa shape index (κ3) is 2.14. The molecule has 1 saturated heterocycles. The molecule has 5 nitrogen and oxygen atoms in total. The van der Waals surface area contributed by atoms with Gasteiger partial charge in [-0.15, -0.1) is 0 Å². The van der Waals surface area contributed by atoms with Gasteiger partial charge in [-0.2, -0.15) is 0 Å². The Bertz CT molecular complexity index is 371. The summed E-state index contributed by atoms with van der Waals surface area (Å²) in [5.74, 6) is 0. The van der Waals surface area contributed by atoms with Crippen LogP contribution in [0.25, 0.3) is 0 Å². The van der Waals surface area contributed by atoms with Gasteiger partial charge in [-0.05, 0) is 25.0 Å². The monoisotopic (exact) mass is 221 g/mol. The Morgan fingerprint density at radius 3 is 2.31 bits per heavy atom. The Hall–Kier alpha value is -1.62. The summed E-state index contributed by atoms with van der Waals surface area (Å²) in [4.78, 5) is 10.1. The van der Waals surface area contributed by atoms with E-state index in [0.717, 1.165) is 18.8 Å². The molecular formula is C11H15N3O2. The number of non-ortho nitro benzene ring substituents is 1. The van der Waals surface area contributed by atoms with Crippen LogP contribution in [0.2, 0.25) is 0 Å². The van der Waals surface area contributed by atoms with Crippen molar-refractivity contribution in [1.29, 1.82) is 0 Å². The molecule has 0 bridgehead atoms. The second-order valence-corrected chi connectivity index (χ2v) is 3.96. The SMILES string of the molecule is CN(c1ccc([N+](=O)[O-])cc1)N1CCCC1. The highest BCUT2D eigenvalue weighted by molar-refractivity contribution is 5.49. The molecule has 1 aromatic rings. The van der Waals surface area contributed by atoms with Gasteiger partial charge in [0.1, 0.15) is 0 Å². The van der Waals surface area contributed by atoms with Gasteiger partial charge in [-0.25, -0.2) is 5.01 Å². The van der Waals surface area contributed by atoms with Crippen LogP contribution in [0.4, 0.5) is 11.4 Å². The molecule has 2 rings (SSSR count). The Morgan fingerprint density at radius 1 is 1.25 bits per heavy atom. The van der Waals surface area contributed by atoms with E-state index in [0.29, 0.717) is 0 Å². The second-order valence-electron chi connectivity index (χ2n) is 3.96. The number of nitro benzene ring substituents is 1. The fourth-order valence-corrected chi connectivity index (χ4v) is 1.95. The van der Waals surface area contributed by atoms with E-state index < -0.39 is 0 Å². The molecule has 0 saturated carbocycles. The number of rotatable bonds is 3. The first-order valence-electron chi connectivity index (χ1n) is 5.41. The minimum absolute atomic E-state index is 0.138. The molecule has 1 heterocycles. The maximum Gasteiger partial charge on any atom is 0.269 e. The quantitative estimate of drug-likeness (QED) is 0.579. The Kier molecular flexibility index (Phi) is 3.05.